The molecule has 1 aliphatic rings. The number of aromatic nitrogens is 1. The van der Waals surface area contributed by atoms with Crippen molar-refractivity contribution in [3.63, 3.8) is 0 Å². The van der Waals surface area contributed by atoms with Crippen molar-refractivity contribution in [2.75, 3.05) is 13.1 Å². The molecule has 7 nitrogen and oxygen atoms in total. The number of aryl methyl sites for hydroxylation is 1. The van der Waals surface area contributed by atoms with E-state index in [0.717, 1.165) is 6.20 Å². The molecule has 1 fully saturated rings. The number of carbonyl (C=O) groups is 1. The Hall–Kier alpha value is -3.72. The minimum absolute atomic E-state index is 0.00641. The third-order valence-electron chi connectivity index (χ3n) is 5.63. The molecule has 3 aromatic rings. The van der Waals surface area contributed by atoms with E-state index in [1.165, 1.54) is 31.2 Å². The molecule has 1 amide bonds. The monoisotopic (exact) mass is 494 g/mol. The molecule has 0 aliphatic carbocycles. The first-order valence-electron chi connectivity index (χ1n) is 10.5. The minimum Gasteiger partial charge on any atom is -0.489 e. The van der Waals surface area contributed by atoms with Gasteiger partial charge < -0.3 is 19.8 Å². The molecular weight excluding hydrogens is 475 g/mol. The number of nitrogens with zero attached hydrogens (tertiary/aromatic N) is 2. The number of benzene rings is 1. The Kier molecular flexibility index (Phi) is 6.38. The number of carbonyl (C=O) groups excluding carboxylic acids is 1. The lowest BCUT2D eigenvalue weighted by Crippen LogP contribution is -2.57. The second-order valence-corrected chi connectivity index (χ2v) is 8.04. The number of nitrogens with one attached hydrogen (secondary N) is 2. The van der Waals surface area contributed by atoms with E-state index in [-0.39, 0.29) is 45.6 Å². The Bertz CT molecular complexity index is 1310. The Morgan fingerprint density at radius 1 is 1.40 bits per heavy atom. The van der Waals surface area contributed by atoms with Gasteiger partial charge in [0, 0.05) is 23.2 Å². The van der Waals surface area contributed by atoms with Crippen LogP contribution in [0.5, 0.6) is 5.75 Å². The molecule has 0 radical (unpaired) electrons. The number of fused-ring (bicyclic) bond motifs is 1. The number of alkyl halides is 5. The van der Waals surface area contributed by atoms with Crippen LogP contribution < -0.4 is 15.4 Å². The van der Waals surface area contributed by atoms with E-state index in [4.69, 9.17) is 9.15 Å². The maximum absolute atomic E-state index is 14.2. The van der Waals surface area contributed by atoms with Gasteiger partial charge in [0.1, 0.15) is 24.2 Å². The van der Waals surface area contributed by atoms with E-state index >= 15 is 0 Å². The van der Waals surface area contributed by atoms with Crippen molar-refractivity contribution in [1.82, 2.24) is 15.6 Å². The molecule has 1 saturated heterocycles. The van der Waals surface area contributed by atoms with Crippen molar-refractivity contribution in [1.29, 1.82) is 5.26 Å². The van der Waals surface area contributed by atoms with Crippen LogP contribution >= 0.6 is 0 Å². The fourth-order valence-corrected chi connectivity index (χ4v) is 3.96. The zero-order valence-electron chi connectivity index (χ0n) is 18.3. The van der Waals surface area contributed by atoms with E-state index in [2.05, 4.69) is 15.6 Å². The predicted molar refractivity (Wildman–Crippen MR) is 113 cm³/mol. The van der Waals surface area contributed by atoms with Gasteiger partial charge in [0.25, 0.3) is 11.8 Å². The second-order valence-electron chi connectivity index (χ2n) is 8.04. The van der Waals surface area contributed by atoms with E-state index in [1.54, 1.807) is 0 Å². The maximum atomic E-state index is 14.2. The van der Waals surface area contributed by atoms with Crippen molar-refractivity contribution in [3.05, 3.63) is 58.6 Å². The topological polar surface area (TPSA) is 100 Å². The van der Waals surface area contributed by atoms with E-state index in [9.17, 15) is 32.0 Å². The van der Waals surface area contributed by atoms with Gasteiger partial charge in [-0.15, -0.1) is 0 Å². The fraction of sp³-hybridized carbons (Fsp3) is 0.348. The summed E-state index contributed by atoms with van der Waals surface area (Å²) in [5, 5.41) is 14.6. The molecule has 1 aromatic carbocycles. The summed E-state index contributed by atoms with van der Waals surface area (Å²) < 4.78 is 79.1. The molecule has 35 heavy (non-hydrogen) atoms. The van der Waals surface area contributed by atoms with Crippen LogP contribution in [0.25, 0.3) is 11.0 Å². The summed E-state index contributed by atoms with van der Waals surface area (Å²) in [5.74, 6) is -3.89. The molecule has 1 unspecified atom stereocenters. The average molecular weight is 494 g/mol. The van der Waals surface area contributed by atoms with Gasteiger partial charge in [0.05, 0.1) is 23.7 Å². The number of amides is 1. The Balaban J connectivity index is 1.66. The van der Waals surface area contributed by atoms with Gasteiger partial charge in [-0.25, -0.2) is 8.78 Å². The highest BCUT2D eigenvalue weighted by Gasteiger charge is 2.43. The predicted octanol–water partition coefficient (Wildman–Crippen LogP) is 4.33. The van der Waals surface area contributed by atoms with Gasteiger partial charge >= 0.3 is 6.18 Å². The van der Waals surface area contributed by atoms with Crippen LogP contribution in [0.1, 0.15) is 39.4 Å². The molecule has 1 aliphatic heterocycles. The number of pyridine rings is 1. The molecule has 12 heteroatoms. The van der Waals surface area contributed by atoms with Crippen LogP contribution in [0.3, 0.4) is 0 Å². The van der Waals surface area contributed by atoms with Crippen molar-refractivity contribution < 1.29 is 35.9 Å². The number of piperidine rings is 1. The highest BCUT2D eigenvalue weighted by atomic mass is 19.4. The third kappa shape index (κ3) is 4.90. The third-order valence-corrected chi connectivity index (χ3v) is 5.63. The van der Waals surface area contributed by atoms with Gasteiger partial charge in [-0.3, -0.25) is 9.78 Å². The minimum atomic E-state index is -4.69. The molecule has 4 rings (SSSR count). The van der Waals surface area contributed by atoms with Crippen molar-refractivity contribution in [2.24, 2.45) is 0 Å². The van der Waals surface area contributed by atoms with Gasteiger partial charge in [-0.2, -0.15) is 18.4 Å². The number of hydrogen-bond acceptors (Lipinski definition) is 6. The largest absolute Gasteiger partial charge is 0.489 e. The van der Waals surface area contributed by atoms with Crippen LogP contribution in [0, 0.1) is 18.3 Å². The first-order valence-corrected chi connectivity index (χ1v) is 10.5. The first-order chi connectivity index (χ1) is 16.5. The Morgan fingerprint density at radius 3 is 2.86 bits per heavy atom. The second kappa shape index (κ2) is 9.14. The van der Waals surface area contributed by atoms with Gasteiger partial charge in [-0.05, 0) is 32.0 Å². The molecule has 184 valence electrons. The summed E-state index contributed by atoms with van der Waals surface area (Å²) in [6.07, 6.45) is -3.67. The lowest BCUT2D eigenvalue weighted by molar-refractivity contribution is -0.142. The first kappa shape index (κ1) is 24.4. The lowest BCUT2D eigenvalue weighted by atomic mass is 10.0. The smallest absolute Gasteiger partial charge is 0.433 e. The number of nitriles is 1. The van der Waals surface area contributed by atoms with E-state index in [0.29, 0.717) is 6.54 Å². The summed E-state index contributed by atoms with van der Waals surface area (Å²) in [7, 11) is 0. The molecule has 2 aromatic heterocycles. The van der Waals surface area contributed by atoms with Crippen LogP contribution in [0.15, 0.2) is 34.9 Å². The maximum Gasteiger partial charge on any atom is 0.433 e. The summed E-state index contributed by atoms with van der Waals surface area (Å²) in [4.78, 5) is 16.3. The van der Waals surface area contributed by atoms with Crippen LogP contribution in [-0.2, 0) is 12.8 Å². The molecule has 2 N–H and O–H groups in total. The Labute approximate surface area is 195 Å². The van der Waals surface area contributed by atoms with Gasteiger partial charge in [0.15, 0.2) is 11.3 Å². The van der Waals surface area contributed by atoms with E-state index in [1.807, 2.05) is 6.07 Å². The van der Waals surface area contributed by atoms with Crippen LogP contribution in [0.2, 0.25) is 0 Å². The molecule has 1 atom stereocenters. The normalized spacial score (nSPS) is 17.7. The van der Waals surface area contributed by atoms with Crippen molar-refractivity contribution in [3.8, 4) is 11.8 Å². The summed E-state index contributed by atoms with van der Waals surface area (Å²) in [5.41, 5.74) is -1.39. The average Bonchev–Trinajstić information content (AvgIpc) is 3.13. The zero-order valence-corrected chi connectivity index (χ0v) is 18.3. The Morgan fingerprint density at radius 2 is 2.17 bits per heavy atom. The highest BCUT2D eigenvalue weighted by molar-refractivity contribution is 6.08. The quantitative estimate of drug-likeness (QED) is 0.512. The number of halogens is 5. The molecule has 0 saturated carbocycles. The molecular formula is C23H19F5N4O3. The number of rotatable bonds is 5. The van der Waals surface area contributed by atoms with Crippen LogP contribution in [-0.4, -0.2) is 35.9 Å². The number of hydrogen-bond donors (Lipinski definition) is 2. The molecule has 0 bridgehead atoms. The van der Waals surface area contributed by atoms with Crippen molar-refractivity contribution in [2.45, 2.75) is 38.1 Å². The summed E-state index contributed by atoms with van der Waals surface area (Å²) >= 11 is 0. The van der Waals surface area contributed by atoms with Crippen LogP contribution in [0.4, 0.5) is 22.0 Å². The summed E-state index contributed by atoms with van der Waals surface area (Å²) in [6, 6.07) is 5.62. The molecule has 3 heterocycles. The zero-order chi connectivity index (χ0) is 25.4. The highest BCUT2D eigenvalue weighted by Crippen LogP contribution is 2.34. The van der Waals surface area contributed by atoms with Crippen molar-refractivity contribution >= 4 is 16.9 Å². The van der Waals surface area contributed by atoms with E-state index < -0.39 is 42.9 Å². The van der Waals surface area contributed by atoms with Gasteiger partial charge in [-0.1, -0.05) is 6.07 Å². The number of furan rings is 1. The van der Waals surface area contributed by atoms with Gasteiger partial charge in [0.2, 0.25) is 0 Å². The SMILES string of the molecule is Cc1oc2c(C#N)cc(OCc3cccnc3C(F)(F)F)cc2c1C(=O)NC1CCNCC1(F)F. The summed E-state index contributed by atoms with van der Waals surface area (Å²) in [6.45, 7) is 0.658. The lowest BCUT2D eigenvalue weighted by Gasteiger charge is -2.32. The molecule has 0 spiro atoms. The number of ether oxygens (including phenoxy) is 1. The standard InChI is InChI=1S/C23H19F5N4O3/c1-12-18(21(33)32-17-4-6-30-11-22(17,24)25)16-8-15(7-14(9-29)19(16)35-12)34-10-13-3-2-5-31-20(13)23(26,27)28/h2-3,5,7-8,17,30H,4,6,10-11H2,1H3,(H,32,33). The fourth-order valence-electron chi connectivity index (χ4n) is 3.96.